The Morgan fingerprint density at radius 2 is 1.85 bits per heavy atom. The van der Waals surface area contributed by atoms with Crippen molar-refractivity contribution in [3.63, 3.8) is 0 Å². The summed E-state index contributed by atoms with van der Waals surface area (Å²) in [6, 6.07) is 0. The first-order valence-electron chi connectivity index (χ1n) is 9.86. The molecule has 0 bridgehead atoms. The van der Waals surface area contributed by atoms with Gasteiger partial charge in [0.1, 0.15) is 0 Å². The van der Waals surface area contributed by atoms with Crippen molar-refractivity contribution in [1.82, 2.24) is 0 Å². The molecular weight excluding hydrogens is 377 g/mol. The standard InChI is InChI=1S/C20H27F3O3S/c1-18-11-4-3-5-13(18)6-7-14-15-8-9-17(19(15,2)12-10-16(14)18)26-27(24,25)20(21,22)23/h3,5-6,14-17H,4,7-12H2,1-2H3/t14?,15?,16?,17?,18-,19-/m0/s1. The first kappa shape index (κ1) is 19.5. The van der Waals surface area contributed by atoms with Crippen molar-refractivity contribution in [3.8, 4) is 0 Å². The predicted octanol–water partition coefficient (Wildman–Crippen LogP) is 5.35. The molecule has 2 fully saturated rings. The van der Waals surface area contributed by atoms with Crippen LogP contribution in [-0.2, 0) is 14.3 Å². The normalized spacial score (nSPS) is 44.3. The van der Waals surface area contributed by atoms with Crippen LogP contribution in [0, 0.1) is 28.6 Å². The molecule has 6 atom stereocenters. The molecule has 4 aliphatic carbocycles. The van der Waals surface area contributed by atoms with Crippen LogP contribution in [0.5, 0.6) is 0 Å². The highest BCUT2D eigenvalue weighted by molar-refractivity contribution is 7.87. The van der Waals surface area contributed by atoms with E-state index >= 15 is 0 Å². The molecule has 0 N–H and O–H groups in total. The molecule has 0 aromatic heterocycles. The average molecular weight is 404 g/mol. The van der Waals surface area contributed by atoms with E-state index in [1.54, 1.807) is 0 Å². The maximum atomic E-state index is 12.8. The lowest BCUT2D eigenvalue weighted by Gasteiger charge is -2.56. The van der Waals surface area contributed by atoms with E-state index in [0.29, 0.717) is 18.3 Å². The third kappa shape index (κ3) is 2.83. The molecule has 2 saturated carbocycles. The molecule has 0 spiro atoms. The van der Waals surface area contributed by atoms with Crippen LogP contribution < -0.4 is 0 Å². The van der Waals surface area contributed by atoms with E-state index in [-0.39, 0.29) is 11.3 Å². The molecule has 4 unspecified atom stereocenters. The third-order valence-electron chi connectivity index (χ3n) is 8.09. The van der Waals surface area contributed by atoms with Crippen LogP contribution in [0.2, 0.25) is 0 Å². The van der Waals surface area contributed by atoms with Gasteiger partial charge in [0.15, 0.2) is 0 Å². The highest BCUT2D eigenvalue weighted by Gasteiger charge is 2.60. The highest BCUT2D eigenvalue weighted by Crippen LogP contribution is 2.64. The molecule has 27 heavy (non-hydrogen) atoms. The lowest BCUT2D eigenvalue weighted by atomic mass is 9.49. The topological polar surface area (TPSA) is 43.4 Å². The summed E-state index contributed by atoms with van der Waals surface area (Å²) in [4.78, 5) is 0. The van der Waals surface area contributed by atoms with Crippen LogP contribution in [0.4, 0.5) is 13.2 Å². The molecule has 0 radical (unpaired) electrons. The van der Waals surface area contributed by atoms with E-state index in [4.69, 9.17) is 4.18 Å². The minimum atomic E-state index is -5.55. The average Bonchev–Trinajstić information content (AvgIpc) is 2.89. The van der Waals surface area contributed by atoms with Crippen LogP contribution in [0.25, 0.3) is 0 Å². The van der Waals surface area contributed by atoms with Gasteiger partial charge >= 0.3 is 15.6 Å². The van der Waals surface area contributed by atoms with Gasteiger partial charge in [-0.1, -0.05) is 32.1 Å². The number of alkyl halides is 3. The van der Waals surface area contributed by atoms with E-state index in [2.05, 4.69) is 25.2 Å². The van der Waals surface area contributed by atoms with E-state index in [1.165, 1.54) is 5.57 Å². The summed E-state index contributed by atoms with van der Waals surface area (Å²) < 4.78 is 66.4. The number of halogens is 3. The van der Waals surface area contributed by atoms with Crippen molar-refractivity contribution in [3.05, 3.63) is 23.8 Å². The van der Waals surface area contributed by atoms with Crippen LogP contribution in [0.1, 0.15) is 58.8 Å². The molecule has 0 amide bonds. The minimum absolute atomic E-state index is 0.135. The summed E-state index contributed by atoms with van der Waals surface area (Å²) in [5.41, 5.74) is -4.32. The van der Waals surface area contributed by atoms with Gasteiger partial charge in [-0.25, -0.2) is 0 Å². The molecule has 3 nitrogen and oxygen atoms in total. The van der Waals surface area contributed by atoms with Gasteiger partial charge in [0.2, 0.25) is 0 Å². The van der Waals surface area contributed by atoms with E-state index in [9.17, 15) is 21.6 Å². The molecule has 0 aromatic carbocycles. The molecular formula is C20H27F3O3S. The number of hydrogen-bond acceptors (Lipinski definition) is 3. The van der Waals surface area contributed by atoms with E-state index in [1.807, 2.05) is 6.92 Å². The maximum Gasteiger partial charge on any atom is 0.523 e. The predicted molar refractivity (Wildman–Crippen MR) is 96.1 cm³/mol. The summed E-state index contributed by atoms with van der Waals surface area (Å²) in [5, 5.41) is 0. The van der Waals surface area contributed by atoms with Crippen LogP contribution >= 0.6 is 0 Å². The second kappa shape index (κ2) is 6.09. The molecule has 0 heterocycles. The molecule has 4 rings (SSSR count). The summed E-state index contributed by atoms with van der Waals surface area (Å²) in [5.74, 6) is 1.12. The summed E-state index contributed by atoms with van der Waals surface area (Å²) in [7, 11) is -5.55. The molecule has 7 heteroatoms. The van der Waals surface area contributed by atoms with Crippen molar-refractivity contribution < 1.29 is 25.8 Å². The van der Waals surface area contributed by atoms with Gasteiger partial charge in [0, 0.05) is 0 Å². The molecule has 0 saturated heterocycles. The quantitative estimate of drug-likeness (QED) is 0.460. The van der Waals surface area contributed by atoms with Crippen molar-refractivity contribution in [2.24, 2.45) is 28.6 Å². The number of allylic oxidation sites excluding steroid dienone is 4. The fraction of sp³-hybridized carbons (Fsp3) is 0.800. The maximum absolute atomic E-state index is 12.8. The van der Waals surface area contributed by atoms with Crippen LogP contribution in [-0.4, -0.2) is 20.0 Å². The second-order valence-electron chi connectivity index (χ2n) is 9.24. The van der Waals surface area contributed by atoms with Crippen molar-refractivity contribution >= 4 is 10.1 Å². The lowest BCUT2D eigenvalue weighted by Crippen LogP contribution is -2.50. The summed E-state index contributed by atoms with van der Waals surface area (Å²) >= 11 is 0. The zero-order valence-corrected chi connectivity index (χ0v) is 16.6. The molecule has 0 aromatic rings. The van der Waals surface area contributed by atoms with Crippen molar-refractivity contribution in [1.29, 1.82) is 0 Å². The Morgan fingerprint density at radius 3 is 2.56 bits per heavy atom. The minimum Gasteiger partial charge on any atom is -0.259 e. The fourth-order valence-corrected chi connectivity index (χ4v) is 7.35. The lowest BCUT2D eigenvalue weighted by molar-refractivity contribution is -0.0775. The fourth-order valence-electron chi connectivity index (χ4n) is 6.62. The van der Waals surface area contributed by atoms with Crippen molar-refractivity contribution in [2.45, 2.75) is 70.4 Å². The summed E-state index contributed by atoms with van der Waals surface area (Å²) in [6.45, 7) is 4.28. The van der Waals surface area contributed by atoms with Crippen LogP contribution in [0.15, 0.2) is 23.8 Å². The van der Waals surface area contributed by atoms with Gasteiger partial charge in [-0.2, -0.15) is 21.6 Å². The van der Waals surface area contributed by atoms with Gasteiger partial charge < -0.3 is 0 Å². The SMILES string of the molecule is C[C@]12CCC3C(CC=C4C=CCC[C@@]43C)C1CCC2OS(=O)(=O)C(F)(F)F. The van der Waals surface area contributed by atoms with Crippen LogP contribution in [0.3, 0.4) is 0 Å². The van der Waals surface area contributed by atoms with Gasteiger partial charge in [-0.3, -0.25) is 4.18 Å². The Bertz CT molecular complexity index is 785. The summed E-state index contributed by atoms with van der Waals surface area (Å²) in [6.07, 6.45) is 11.8. The number of rotatable bonds is 2. The Labute approximate surface area is 159 Å². The van der Waals surface area contributed by atoms with Gasteiger partial charge in [-0.15, -0.1) is 0 Å². The Hall–Kier alpha value is -0.820. The first-order chi connectivity index (χ1) is 12.5. The smallest absolute Gasteiger partial charge is 0.259 e. The Kier molecular flexibility index (Phi) is 4.39. The molecule has 0 aliphatic heterocycles. The second-order valence-corrected chi connectivity index (χ2v) is 10.8. The zero-order valence-electron chi connectivity index (χ0n) is 15.8. The Morgan fingerprint density at radius 1 is 1.11 bits per heavy atom. The molecule has 152 valence electrons. The highest BCUT2D eigenvalue weighted by atomic mass is 32.2. The van der Waals surface area contributed by atoms with E-state index in [0.717, 1.165) is 38.5 Å². The number of fused-ring (bicyclic) bond motifs is 5. The zero-order chi connectivity index (χ0) is 19.7. The monoisotopic (exact) mass is 404 g/mol. The van der Waals surface area contributed by atoms with Gasteiger partial charge in [0.25, 0.3) is 0 Å². The number of hydrogen-bond donors (Lipinski definition) is 0. The van der Waals surface area contributed by atoms with Gasteiger partial charge in [0.05, 0.1) is 6.10 Å². The molecule has 4 aliphatic rings. The first-order valence-corrected chi connectivity index (χ1v) is 11.3. The third-order valence-corrected chi connectivity index (χ3v) is 9.14. The van der Waals surface area contributed by atoms with Gasteiger partial charge in [-0.05, 0) is 79.1 Å². The largest absolute Gasteiger partial charge is 0.523 e. The van der Waals surface area contributed by atoms with Crippen molar-refractivity contribution in [2.75, 3.05) is 0 Å². The Balaban J connectivity index is 1.61. The van der Waals surface area contributed by atoms with E-state index < -0.39 is 27.1 Å².